The van der Waals surface area contributed by atoms with Crippen LogP contribution in [0.3, 0.4) is 0 Å². The van der Waals surface area contributed by atoms with Gasteiger partial charge in [0.25, 0.3) is 12.3 Å². The topological polar surface area (TPSA) is 116 Å². The second kappa shape index (κ2) is 8.44. The van der Waals surface area contributed by atoms with E-state index in [1.807, 2.05) is 6.07 Å². The Morgan fingerprint density at radius 3 is 2.56 bits per heavy atom. The summed E-state index contributed by atoms with van der Waals surface area (Å²) in [5.41, 5.74) is -3.53. The average molecular weight is 533 g/mol. The monoisotopic (exact) mass is 532 g/mol. The van der Waals surface area contributed by atoms with Gasteiger partial charge in [0.2, 0.25) is 0 Å². The van der Waals surface area contributed by atoms with Gasteiger partial charge in [-0.1, -0.05) is 17.7 Å². The molecule has 4 rings (SSSR count). The van der Waals surface area contributed by atoms with E-state index in [1.165, 1.54) is 18.2 Å². The molecule has 1 aliphatic carbocycles. The van der Waals surface area contributed by atoms with Crippen LogP contribution >= 0.6 is 11.6 Å². The van der Waals surface area contributed by atoms with Crippen molar-refractivity contribution in [2.24, 2.45) is 0 Å². The molecule has 190 valence electrons. The lowest BCUT2D eigenvalue weighted by Crippen LogP contribution is -2.46. The Morgan fingerprint density at radius 2 is 2.00 bits per heavy atom. The maximum Gasteiger partial charge on any atom is 0.459 e. The number of ether oxygens (including phenoxy) is 1. The lowest BCUT2D eigenvalue weighted by Gasteiger charge is -2.29. The average Bonchev–Trinajstić information content (AvgIpc) is 3.44. The number of hydrogen-bond donors (Lipinski definition) is 3. The van der Waals surface area contributed by atoms with Crippen LogP contribution in [0.2, 0.25) is 5.02 Å². The Morgan fingerprint density at radius 1 is 1.33 bits per heavy atom. The summed E-state index contributed by atoms with van der Waals surface area (Å²) < 4.78 is 86.4. The number of carbonyl (C=O) groups is 1. The molecule has 1 atom stereocenters. The highest BCUT2D eigenvalue weighted by molar-refractivity contribution is 6.34. The number of hydrogen-bond acceptors (Lipinski definition) is 6. The normalized spacial score (nSPS) is 18.6. The summed E-state index contributed by atoms with van der Waals surface area (Å²) in [4.78, 5) is 12.7. The third-order valence-corrected chi connectivity index (χ3v) is 5.97. The minimum atomic E-state index is -6.12. The number of fused-ring (bicyclic) bond motifs is 1. The van der Waals surface area contributed by atoms with Gasteiger partial charge in [-0.15, -0.1) is 0 Å². The highest BCUT2D eigenvalue weighted by Crippen LogP contribution is 2.43. The summed E-state index contributed by atoms with van der Waals surface area (Å²) in [6.45, 7) is 0. The largest absolute Gasteiger partial charge is 0.459 e. The van der Waals surface area contributed by atoms with Crippen molar-refractivity contribution in [2.75, 3.05) is 7.05 Å². The van der Waals surface area contributed by atoms with Crippen LogP contribution in [0.25, 0.3) is 16.9 Å². The predicted octanol–water partition coefficient (Wildman–Crippen LogP) is 4.55. The molecular weight excluding hydrogens is 518 g/mol. The molecule has 1 amide bonds. The van der Waals surface area contributed by atoms with Crippen molar-refractivity contribution < 1.29 is 35.9 Å². The third-order valence-electron chi connectivity index (χ3n) is 5.64. The quantitative estimate of drug-likeness (QED) is 0.373. The van der Waals surface area contributed by atoms with Gasteiger partial charge in [0.15, 0.2) is 17.3 Å². The number of halogens is 7. The number of rotatable bonds is 6. The van der Waals surface area contributed by atoms with E-state index in [4.69, 9.17) is 21.7 Å². The molecule has 3 N–H and O–H groups in total. The Hall–Kier alpha value is -3.73. The van der Waals surface area contributed by atoms with Crippen LogP contribution in [-0.4, -0.2) is 46.1 Å². The lowest BCUT2D eigenvalue weighted by atomic mass is 10.0. The minimum Gasteiger partial charge on any atom is -0.448 e. The van der Waals surface area contributed by atoms with Gasteiger partial charge in [-0.2, -0.15) is 36.7 Å². The second-order valence-corrected chi connectivity index (χ2v) is 8.41. The Labute approximate surface area is 204 Å². The summed E-state index contributed by atoms with van der Waals surface area (Å²) >= 11 is 6.13. The first-order chi connectivity index (χ1) is 16.8. The number of alkyl halides is 6. The third kappa shape index (κ3) is 4.02. The Kier molecular flexibility index (Phi) is 5.95. The van der Waals surface area contributed by atoms with E-state index in [2.05, 4.69) is 15.7 Å². The number of benzene rings is 1. The van der Waals surface area contributed by atoms with Crippen LogP contribution in [0.15, 0.2) is 30.2 Å². The molecule has 0 saturated heterocycles. The molecule has 2 aromatic rings. The van der Waals surface area contributed by atoms with Crippen molar-refractivity contribution in [1.82, 2.24) is 20.4 Å². The molecule has 1 aromatic carbocycles. The maximum absolute atomic E-state index is 15.1. The van der Waals surface area contributed by atoms with Gasteiger partial charge in [-0.05, 0) is 30.5 Å². The van der Waals surface area contributed by atoms with E-state index in [0.717, 1.165) is 13.2 Å². The van der Waals surface area contributed by atoms with Crippen molar-refractivity contribution in [1.29, 1.82) is 10.7 Å². The summed E-state index contributed by atoms with van der Waals surface area (Å²) in [5.74, 6) is -8.29. The summed E-state index contributed by atoms with van der Waals surface area (Å²) in [6.07, 6.45) is -6.70. The molecule has 36 heavy (non-hydrogen) atoms. The van der Waals surface area contributed by atoms with Crippen LogP contribution in [0, 0.1) is 16.7 Å². The highest BCUT2D eigenvalue weighted by atomic mass is 35.5. The fourth-order valence-corrected chi connectivity index (χ4v) is 3.71. The smallest absolute Gasteiger partial charge is 0.448 e. The maximum atomic E-state index is 15.1. The molecule has 2 aliphatic rings. The van der Waals surface area contributed by atoms with Crippen LogP contribution < -0.4 is 10.6 Å². The molecule has 0 radical (unpaired) electrons. The first kappa shape index (κ1) is 25.4. The zero-order valence-corrected chi connectivity index (χ0v) is 18.9. The molecule has 8 nitrogen and oxygen atoms in total. The number of amides is 1. The second-order valence-electron chi connectivity index (χ2n) is 8.01. The van der Waals surface area contributed by atoms with Crippen LogP contribution in [-0.2, 0) is 4.74 Å². The van der Waals surface area contributed by atoms with E-state index >= 15 is 4.39 Å². The zero-order chi connectivity index (χ0) is 26.6. The van der Waals surface area contributed by atoms with Gasteiger partial charge < -0.3 is 15.4 Å². The van der Waals surface area contributed by atoms with Crippen LogP contribution in [0.1, 0.15) is 35.3 Å². The Balaban J connectivity index is 1.76. The first-order valence-electron chi connectivity index (χ1n) is 10.1. The molecular formula is C21H15ClF6N6O2. The van der Waals surface area contributed by atoms with Crippen molar-refractivity contribution in [2.45, 2.75) is 36.8 Å². The number of nitriles is 1. The van der Waals surface area contributed by atoms with Crippen LogP contribution in [0.5, 0.6) is 0 Å². The first-order valence-corrected chi connectivity index (χ1v) is 10.5. The molecule has 0 bridgehead atoms. The molecule has 15 heteroatoms. The van der Waals surface area contributed by atoms with E-state index in [9.17, 15) is 32.0 Å². The summed E-state index contributed by atoms with van der Waals surface area (Å²) in [5, 5.41) is 25.4. The molecule has 2 heterocycles. The highest BCUT2D eigenvalue weighted by Gasteiger charge is 2.63. The van der Waals surface area contributed by atoms with E-state index in [0.29, 0.717) is 17.5 Å². The molecule has 1 unspecified atom stereocenters. The van der Waals surface area contributed by atoms with Gasteiger partial charge in [-0.25, -0.2) is 4.68 Å². The van der Waals surface area contributed by atoms with Crippen LogP contribution in [0.4, 0.5) is 26.3 Å². The molecule has 0 spiro atoms. The number of carbonyl (C=O) groups excluding carboxylic acids is 1. The fraction of sp³-hybridized carbons (Fsp3) is 0.333. The van der Waals surface area contributed by atoms with E-state index in [-0.39, 0.29) is 21.7 Å². The van der Waals surface area contributed by atoms with Crippen molar-refractivity contribution in [3.05, 3.63) is 46.4 Å². The lowest BCUT2D eigenvalue weighted by molar-refractivity contribution is -0.250. The number of nitrogens with one attached hydrogen (secondary N) is 3. The van der Waals surface area contributed by atoms with E-state index in [1.54, 1.807) is 0 Å². The summed E-state index contributed by atoms with van der Waals surface area (Å²) in [7, 11) is 1.13. The predicted molar refractivity (Wildman–Crippen MR) is 114 cm³/mol. The fourth-order valence-electron chi connectivity index (χ4n) is 3.51. The minimum absolute atomic E-state index is 0.00977. The van der Waals surface area contributed by atoms with E-state index < -0.39 is 52.9 Å². The van der Waals surface area contributed by atoms with Gasteiger partial charge in [0.05, 0.1) is 22.9 Å². The SMILES string of the molecule is CNC1=C(C(=N)C(F)(F)C(F)(F)F)OC(F)c2c(-c3ccc(Cl)c(C(=O)NC4(C#N)CC4)c3)cnn21. The van der Waals surface area contributed by atoms with Gasteiger partial charge in [-0.3, -0.25) is 10.2 Å². The van der Waals surface area contributed by atoms with Gasteiger partial charge in [0, 0.05) is 12.6 Å². The summed E-state index contributed by atoms with van der Waals surface area (Å²) in [6, 6.07) is 6.02. The molecule has 1 fully saturated rings. The number of allylic oxidation sites excluding steroid dienone is 1. The number of aromatic nitrogens is 2. The number of nitrogens with zero attached hydrogens (tertiary/aromatic N) is 3. The van der Waals surface area contributed by atoms with Gasteiger partial charge in [0.1, 0.15) is 11.2 Å². The standard InChI is InChI=1S/C21H15ClF6N6O2/c1-31-17-14(15(30)20(24,25)21(26,27)28)36-16(23)13-11(7-32-34(13)17)9-2-3-12(22)10(6-9)18(35)33-19(8-29)4-5-19/h2-3,6-7,16,30-31H,4-5H2,1H3,(H,33,35). The zero-order valence-electron chi connectivity index (χ0n) is 18.1. The van der Waals surface area contributed by atoms with Crippen molar-refractivity contribution >= 4 is 29.0 Å². The molecule has 1 aromatic heterocycles. The Bertz CT molecular complexity index is 1340. The molecule has 1 aliphatic heterocycles. The van der Waals surface area contributed by atoms with Crippen molar-refractivity contribution in [3.8, 4) is 17.2 Å². The van der Waals surface area contributed by atoms with Crippen molar-refractivity contribution in [3.63, 3.8) is 0 Å². The molecule has 1 saturated carbocycles. The van der Waals surface area contributed by atoms with Gasteiger partial charge >= 0.3 is 12.1 Å².